The van der Waals surface area contributed by atoms with Crippen LogP contribution in [0, 0.1) is 0 Å². The second-order valence-corrected chi connectivity index (χ2v) is 5.94. The van der Waals surface area contributed by atoms with E-state index in [1.165, 1.54) is 25.9 Å². The van der Waals surface area contributed by atoms with Gasteiger partial charge in [-0.2, -0.15) is 0 Å². The maximum atomic E-state index is 4.63. The highest BCUT2D eigenvalue weighted by atomic mass is 32.1. The Balaban J connectivity index is 1.45. The van der Waals surface area contributed by atoms with Crippen LogP contribution in [0.25, 0.3) is 10.7 Å². The van der Waals surface area contributed by atoms with Gasteiger partial charge in [0.05, 0.1) is 11.4 Å². The van der Waals surface area contributed by atoms with Gasteiger partial charge in [0.1, 0.15) is 5.01 Å². The summed E-state index contributed by atoms with van der Waals surface area (Å²) in [6.45, 7) is 5.56. The van der Waals surface area contributed by atoms with Crippen LogP contribution >= 0.6 is 11.3 Å². The van der Waals surface area contributed by atoms with Crippen LogP contribution in [0.3, 0.4) is 0 Å². The van der Waals surface area contributed by atoms with Crippen molar-refractivity contribution in [3.05, 3.63) is 35.5 Å². The van der Waals surface area contributed by atoms with Gasteiger partial charge in [-0.1, -0.05) is 6.07 Å². The predicted molar refractivity (Wildman–Crippen MR) is 82.7 cm³/mol. The zero-order valence-corrected chi connectivity index (χ0v) is 12.4. The molecule has 1 N–H and O–H groups in total. The van der Waals surface area contributed by atoms with Crippen LogP contribution < -0.4 is 5.32 Å². The van der Waals surface area contributed by atoms with Gasteiger partial charge >= 0.3 is 0 Å². The molecule has 0 amide bonds. The van der Waals surface area contributed by atoms with Crippen LogP contribution in [0.2, 0.25) is 0 Å². The lowest BCUT2D eigenvalue weighted by Crippen LogP contribution is -2.29. The molecule has 0 spiro atoms. The molecular weight excluding hydrogens is 268 g/mol. The Bertz CT molecular complexity index is 520. The van der Waals surface area contributed by atoms with E-state index >= 15 is 0 Å². The fraction of sp³-hybridized carbons (Fsp3) is 0.467. The molecule has 0 aromatic carbocycles. The Morgan fingerprint density at radius 3 is 2.95 bits per heavy atom. The van der Waals surface area contributed by atoms with Crippen LogP contribution in [-0.2, 0) is 6.54 Å². The lowest BCUT2D eigenvalue weighted by atomic mass is 10.3. The fourth-order valence-electron chi connectivity index (χ4n) is 2.45. The molecule has 1 saturated heterocycles. The number of hydrogen-bond acceptors (Lipinski definition) is 5. The molecular formula is C15H20N4S. The molecule has 2 aromatic heterocycles. The van der Waals surface area contributed by atoms with Crippen molar-refractivity contribution in [1.29, 1.82) is 0 Å². The molecule has 0 atom stereocenters. The topological polar surface area (TPSA) is 41.1 Å². The van der Waals surface area contributed by atoms with Crippen LogP contribution in [0.4, 0.5) is 0 Å². The van der Waals surface area contributed by atoms with Crippen LogP contribution in [0.1, 0.15) is 18.5 Å². The molecule has 0 saturated carbocycles. The van der Waals surface area contributed by atoms with Gasteiger partial charge in [-0.25, -0.2) is 4.98 Å². The van der Waals surface area contributed by atoms with Crippen molar-refractivity contribution in [3.8, 4) is 10.7 Å². The molecule has 1 aliphatic rings. The molecule has 20 heavy (non-hydrogen) atoms. The Hall–Kier alpha value is -1.30. The van der Waals surface area contributed by atoms with Crippen molar-refractivity contribution in [2.45, 2.75) is 19.4 Å². The van der Waals surface area contributed by atoms with Gasteiger partial charge in [0.2, 0.25) is 0 Å². The molecule has 5 heteroatoms. The number of nitrogens with zero attached hydrogens (tertiary/aromatic N) is 3. The Morgan fingerprint density at radius 1 is 1.25 bits per heavy atom. The highest BCUT2D eigenvalue weighted by Crippen LogP contribution is 2.21. The van der Waals surface area contributed by atoms with E-state index < -0.39 is 0 Å². The third kappa shape index (κ3) is 3.62. The van der Waals surface area contributed by atoms with Gasteiger partial charge in [0.25, 0.3) is 0 Å². The lowest BCUT2D eigenvalue weighted by molar-refractivity contribution is 0.335. The number of aromatic nitrogens is 2. The fourth-order valence-corrected chi connectivity index (χ4v) is 3.25. The summed E-state index contributed by atoms with van der Waals surface area (Å²) >= 11 is 1.66. The summed E-state index contributed by atoms with van der Waals surface area (Å²) in [6, 6.07) is 5.93. The van der Waals surface area contributed by atoms with E-state index in [-0.39, 0.29) is 0 Å². The van der Waals surface area contributed by atoms with Crippen molar-refractivity contribution < 1.29 is 0 Å². The number of hydrogen-bond donors (Lipinski definition) is 1. The van der Waals surface area contributed by atoms with E-state index in [0.717, 1.165) is 36.0 Å². The minimum atomic E-state index is 0.844. The van der Waals surface area contributed by atoms with Crippen LogP contribution in [0.5, 0.6) is 0 Å². The van der Waals surface area contributed by atoms with E-state index in [2.05, 4.69) is 25.6 Å². The SMILES string of the molecule is c1ccc(-c2nc(CNCCN3CCCC3)cs2)nc1. The van der Waals surface area contributed by atoms with Gasteiger partial charge < -0.3 is 10.2 Å². The van der Waals surface area contributed by atoms with E-state index in [9.17, 15) is 0 Å². The monoisotopic (exact) mass is 288 g/mol. The number of nitrogens with one attached hydrogen (secondary N) is 1. The summed E-state index contributed by atoms with van der Waals surface area (Å²) in [6.07, 6.45) is 4.53. The molecule has 1 fully saturated rings. The van der Waals surface area contributed by atoms with Crippen LogP contribution in [0.15, 0.2) is 29.8 Å². The number of thiazole rings is 1. The minimum Gasteiger partial charge on any atom is -0.310 e. The smallest absolute Gasteiger partial charge is 0.142 e. The highest BCUT2D eigenvalue weighted by molar-refractivity contribution is 7.13. The Labute approximate surface area is 123 Å². The molecule has 0 radical (unpaired) electrons. The maximum absolute atomic E-state index is 4.63. The summed E-state index contributed by atoms with van der Waals surface area (Å²) in [4.78, 5) is 11.5. The van der Waals surface area contributed by atoms with Gasteiger partial charge in [0.15, 0.2) is 0 Å². The summed E-state index contributed by atoms with van der Waals surface area (Å²) in [5, 5.41) is 6.60. The van der Waals surface area contributed by atoms with E-state index in [1.807, 2.05) is 24.4 Å². The minimum absolute atomic E-state index is 0.844. The normalized spacial score (nSPS) is 15.8. The first-order chi connectivity index (χ1) is 9.92. The summed E-state index contributed by atoms with van der Waals surface area (Å²) in [5.74, 6) is 0. The molecule has 4 nitrogen and oxygen atoms in total. The largest absolute Gasteiger partial charge is 0.310 e. The number of pyridine rings is 1. The zero-order valence-electron chi connectivity index (χ0n) is 11.6. The van der Waals surface area contributed by atoms with Crippen molar-refractivity contribution in [2.75, 3.05) is 26.2 Å². The molecule has 0 bridgehead atoms. The van der Waals surface area contributed by atoms with Gasteiger partial charge in [-0.3, -0.25) is 4.98 Å². The molecule has 2 aromatic rings. The molecule has 3 heterocycles. The average molecular weight is 288 g/mol. The van der Waals surface area contributed by atoms with Gasteiger partial charge in [0, 0.05) is 31.2 Å². The number of likely N-dealkylation sites (tertiary alicyclic amines) is 1. The number of rotatable bonds is 6. The molecule has 1 aliphatic heterocycles. The van der Waals surface area contributed by atoms with Crippen molar-refractivity contribution in [2.24, 2.45) is 0 Å². The summed E-state index contributed by atoms with van der Waals surface area (Å²) in [7, 11) is 0. The molecule has 0 unspecified atom stereocenters. The summed E-state index contributed by atoms with van der Waals surface area (Å²) in [5.41, 5.74) is 2.07. The summed E-state index contributed by atoms with van der Waals surface area (Å²) < 4.78 is 0. The second-order valence-electron chi connectivity index (χ2n) is 5.08. The molecule has 0 aliphatic carbocycles. The van der Waals surface area contributed by atoms with Crippen molar-refractivity contribution in [3.63, 3.8) is 0 Å². The first kappa shape index (κ1) is 13.7. The standard InChI is InChI=1S/C15H20N4S/c1-2-6-17-14(5-1)15-18-13(12-20-15)11-16-7-10-19-8-3-4-9-19/h1-2,5-6,12,16H,3-4,7-11H2. The molecule has 3 rings (SSSR count). The highest BCUT2D eigenvalue weighted by Gasteiger charge is 2.10. The first-order valence-electron chi connectivity index (χ1n) is 7.21. The van der Waals surface area contributed by atoms with Gasteiger partial charge in [-0.05, 0) is 38.1 Å². The lowest BCUT2D eigenvalue weighted by Gasteiger charge is -2.14. The second kappa shape index (κ2) is 6.92. The maximum Gasteiger partial charge on any atom is 0.142 e. The Morgan fingerprint density at radius 2 is 2.15 bits per heavy atom. The zero-order chi connectivity index (χ0) is 13.6. The quantitative estimate of drug-likeness (QED) is 0.829. The van der Waals surface area contributed by atoms with Gasteiger partial charge in [-0.15, -0.1) is 11.3 Å². The van der Waals surface area contributed by atoms with E-state index in [1.54, 1.807) is 11.3 Å². The first-order valence-corrected chi connectivity index (χ1v) is 8.09. The molecule has 106 valence electrons. The van der Waals surface area contributed by atoms with Crippen molar-refractivity contribution >= 4 is 11.3 Å². The van der Waals surface area contributed by atoms with Crippen LogP contribution in [-0.4, -0.2) is 41.0 Å². The predicted octanol–water partition coefficient (Wildman–Crippen LogP) is 2.39. The average Bonchev–Trinajstić information content (AvgIpc) is 3.16. The third-order valence-corrected chi connectivity index (χ3v) is 4.46. The van der Waals surface area contributed by atoms with E-state index in [4.69, 9.17) is 0 Å². The Kier molecular flexibility index (Phi) is 4.73. The van der Waals surface area contributed by atoms with Crippen molar-refractivity contribution in [1.82, 2.24) is 20.2 Å². The third-order valence-electron chi connectivity index (χ3n) is 3.55. The van der Waals surface area contributed by atoms with E-state index in [0.29, 0.717) is 0 Å².